The fourth-order valence-corrected chi connectivity index (χ4v) is 3.96. The fourth-order valence-electron chi connectivity index (χ4n) is 3.96. The summed E-state index contributed by atoms with van der Waals surface area (Å²) < 4.78 is 55.2. The Morgan fingerprint density at radius 2 is 1.86 bits per heavy atom. The Kier molecular flexibility index (Phi) is 7.02. The number of nitrogens with one attached hydrogen (secondary N) is 2. The molecule has 4 rings (SSSR count). The third kappa shape index (κ3) is 5.35. The van der Waals surface area contributed by atoms with Crippen molar-refractivity contribution in [3.8, 4) is 11.3 Å². The molecule has 0 aliphatic heterocycles. The van der Waals surface area contributed by atoms with Crippen LogP contribution in [0, 0.1) is 5.82 Å². The van der Waals surface area contributed by atoms with Crippen LogP contribution >= 0.6 is 0 Å². The van der Waals surface area contributed by atoms with Crippen LogP contribution in [0.3, 0.4) is 0 Å². The van der Waals surface area contributed by atoms with Gasteiger partial charge in [-0.2, -0.15) is 13.2 Å². The van der Waals surface area contributed by atoms with Crippen LogP contribution in [-0.2, 0) is 6.18 Å². The van der Waals surface area contributed by atoms with Crippen molar-refractivity contribution in [2.75, 3.05) is 49.7 Å². The van der Waals surface area contributed by atoms with Gasteiger partial charge >= 0.3 is 6.18 Å². The number of nitrogens with two attached hydrogens (primary N) is 1. The maximum atomic E-state index is 13.9. The monoisotopic (exact) mass is 501 g/mol. The Labute approximate surface area is 206 Å². The summed E-state index contributed by atoms with van der Waals surface area (Å²) in [6.45, 7) is 4.45. The average Bonchev–Trinajstić information content (AvgIpc) is 3.22. The molecule has 0 aliphatic rings. The largest absolute Gasteiger partial charge is 0.419 e. The molecule has 0 radical (unpaired) electrons. The van der Waals surface area contributed by atoms with Gasteiger partial charge in [0.1, 0.15) is 11.4 Å². The summed E-state index contributed by atoms with van der Waals surface area (Å²) in [5.74, 6) is -0.609. The Morgan fingerprint density at radius 3 is 2.53 bits per heavy atom. The van der Waals surface area contributed by atoms with Gasteiger partial charge in [-0.3, -0.25) is 0 Å². The molecule has 0 fully saturated rings. The molecule has 0 unspecified atom stereocenters. The average molecular weight is 502 g/mol. The molecule has 0 bridgehead atoms. The molecule has 2 aromatic carbocycles. The van der Waals surface area contributed by atoms with E-state index in [1.54, 1.807) is 12.1 Å². The smallest absolute Gasteiger partial charge is 0.397 e. The second kappa shape index (κ2) is 10.0. The van der Waals surface area contributed by atoms with Gasteiger partial charge in [-0.1, -0.05) is 0 Å². The van der Waals surface area contributed by atoms with Crippen molar-refractivity contribution in [2.24, 2.45) is 0 Å². The minimum absolute atomic E-state index is 0.0455. The van der Waals surface area contributed by atoms with Gasteiger partial charge in [0.2, 0.25) is 5.95 Å². The van der Waals surface area contributed by atoms with Gasteiger partial charge < -0.3 is 25.8 Å². The molecule has 11 heteroatoms. The van der Waals surface area contributed by atoms with E-state index in [4.69, 9.17) is 5.73 Å². The van der Waals surface area contributed by atoms with E-state index in [-0.39, 0.29) is 22.6 Å². The zero-order chi connectivity index (χ0) is 26.0. The first-order chi connectivity index (χ1) is 17.1. The Morgan fingerprint density at radius 1 is 1.08 bits per heavy atom. The van der Waals surface area contributed by atoms with Crippen LogP contribution in [-0.4, -0.2) is 53.6 Å². The molecular formula is C25H27F4N7. The lowest BCUT2D eigenvalue weighted by molar-refractivity contribution is -0.137. The number of anilines is 4. The van der Waals surface area contributed by atoms with Crippen molar-refractivity contribution >= 4 is 33.9 Å². The lowest BCUT2D eigenvalue weighted by Crippen LogP contribution is -2.32. The zero-order valence-electron chi connectivity index (χ0n) is 20.1. The van der Waals surface area contributed by atoms with E-state index in [0.29, 0.717) is 16.9 Å². The van der Waals surface area contributed by atoms with Crippen molar-refractivity contribution in [1.29, 1.82) is 0 Å². The summed E-state index contributed by atoms with van der Waals surface area (Å²) in [6.07, 6.45) is -2.60. The van der Waals surface area contributed by atoms with Crippen molar-refractivity contribution in [1.82, 2.24) is 19.9 Å². The van der Waals surface area contributed by atoms with Crippen molar-refractivity contribution in [3.05, 3.63) is 60.2 Å². The molecule has 190 valence electrons. The number of rotatable bonds is 8. The molecule has 0 saturated heterocycles. The Hall–Kier alpha value is -3.86. The van der Waals surface area contributed by atoms with E-state index in [2.05, 4.69) is 30.1 Å². The maximum absolute atomic E-state index is 13.9. The van der Waals surface area contributed by atoms with E-state index >= 15 is 0 Å². The predicted octanol–water partition coefficient (Wildman–Crippen LogP) is 5.50. The number of likely N-dealkylation sites (N-methyl/N-ethyl adjacent to an activating group) is 2. The van der Waals surface area contributed by atoms with E-state index < -0.39 is 17.6 Å². The standard InChI is InChI=1S/C25H27F4N7/c1-4-36(10-9-35(2)3)22-8-6-16(12-20(22)30)33-24-32-14-19(25(27,28)29)23(34-24)18-13-31-21-7-5-15(26)11-17(18)21/h5-8,11-14,31H,4,9-10,30H2,1-3H3,(H,32,33,34). The summed E-state index contributed by atoms with van der Waals surface area (Å²) in [7, 11) is 3.99. The molecule has 0 saturated carbocycles. The number of hydrogen-bond acceptors (Lipinski definition) is 6. The van der Waals surface area contributed by atoms with Gasteiger partial charge in [0.05, 0.1) is 17.1 Å². The van der Waals surface area contributed by atoms with Crippen LogP contribution in [0.5, 0.6) is 0 Å². The number of nitrogens with zero attached hydrogens (tertiary/aromatic N) is 4. The summed E-state index contributed by atoms with van der Waals surface area (Å²) in [6, 6.07) is 9.18. The van der Waals surface area contributed by atoms with Crippen LogP contribution in [0.15, 0.2) is 48.8 Å². The lowest BCUT2D eigenvalue weighted by Gasteiger charge is -2.26. The van der Waals surface area contributed by atoms with Gasteiger partial charge in [-0.05, 0) is 57.4 Å². The molecule has 2 heterocycles. The van der Waals surface area contributed by atoms with Crippen LogP contribution < -0.4 is 16.0 Å². The van der Waals surface area contributed by atoms with Crippen molar-refractivity contribution in [3.63, 3.8) is 0 Å². The molecule has 2 aromatic heterocycles. The van der Waals surface area contributed by atoms with Crippen molar-refractivity contribution < 1.29 is 17.6 Å². The summed E-state index contributed by atoms with van der Waals surface area (Å²) in [4.78, 5) is 15.1. The number of alkyl halides is 3. The van der Waals surface area contributed by atoms with Crippen molar-refractivity contribution in [2.45, 2.75) is 13.1 Å². The van der Waals surface area contributed by atoms with Gasteiger partial charge in [0.15, 0.2) is 0 Å². The highest BCUT2D eigenvalue weighted by Crippen LogP contribution is 2.39. The third-order valence-corrected chi connectivity index (χ3v) is 5.82. The highest BCUT2D eigenvalue weighted by Gasteiger charge is 2.36. The lowest BCUT2D eigenvalue weighted by atomic mass is 10.1. The van der Waals surface area contributed by atoms with E-state index in [9.17, 15) is 17.6 Å². The van der Waals surface area contributed by atoms with Gasteiger partial charge in [-0.15, -0.1) is 0 Å². The molecule has 7 nitrogen and oxygen atoms in total. The van der Waals surface area contributed by atoms with Crippen LogP contribution in [0.4, 0.5) is 40.6 Å². The molecule has 0 aliphatic carbocycles. The molecular weight excluding hydrogens is 474 g/mol. The summed E-state index contributed by atoms with van der Waals surface area (Å²) >= 11 is 0. The number of fused-ring (bicyclic) bond motifs is 1. The van der Waals surface area contributed by atoms with Gasteiger partial charge in [0.25, 0.3) is 0 Å². The number of halogens is 4. The number of benzene rings is 2. The molecule has 4 aromatic rings. The highest BCUT2D eigenvalue weighted by molar-refractivity contribution is 5.95. The number of hydrogen-bond donors (Lipinski definition) is 3. The highest BCUT2D eigenvalue weighted by atomic mass is 19.4. The maximum Gasteiger partial charge on any atom is 0.419 e. The minimum atomic E-state index is -4.70. The first kappa shape index (κ1) is 25.2. The molecule has 36 heavy (non-hydrogen) atoms. The van der Waals surface area contributed by atoms with Crippen LogP contribution in [0.25, 0.3) is 22.2 Å². The number of H-pyrrole nitrogens is 1. The fraction of sp³-hybridized carbons (Fsp3) is 0.280. The quantitative estimate of drug-likeness (QED) is 0.219. The normalized spacial score (nSPS) is 11.9. The summed E-state index contributed by atoms with van der Waals surface area (Å²) in [5, 5.41) is 3.23. The molecule has 0 amide bonds. The zero-order valence-corrected chi connectivity index (χ0v) is 20.1. The second-order valence-electron chi connectivity index (χ2n) is 8.63. The van der Waals surface area contributed by atoms with Gasteiger partial charge in [-0.25, -0.2) is 14.4 Å². The number of nitrogen functional groups attached to an aromatic ring is 1. The van der Waals surface area contributed by atoms with Gasteiger partial charge in [0, 0.05) is 54.2 Å². The SMILES string of the molecule is CCN(CCN(C)C)c1ccc(Nc2ncc(C(F)(F)F)c(-c3c[nH]c4ccc(F)cc34)n2)cc1N. The molecule has 0 spiro atoms. The minimum Gasteiger partial charge on any atom is -0.397 e. The van der Waals surface area contributed by atoms with E-state index in [0.717, 1.165) is 31.5 Å². The first-order valence-electron chi connectivity index (χ1n) is 11.3. The topological polar surface area (TPSA) is 86.1 Å². The van der Waals surface area contributed by atoms with Crippen LogP contribution in [0.2, 0.25) is 0 Å². The number of aromatic amines is 1. The third-order valence-electron chi connectivity index (χ3n) is 5.82. The Bertz CT molecular complexity index is 1360. The summed E-state index contributed by atoms with van der Waals surface area (Å²) in [5.41, 5.74) is 7.43. The predicted molar refractivity (Wildman–Crippen MR) is 135 cm³/mol. The van der Waals surface area contributed by atoms with E-state index in [1.807, 2.05) is 27.1 Å². The van der Waals surface area contributed by atoms with Crippen LogP contribution in [0.1, 0.15) is 12.5 Å². The van der Waals surface area contributed by atoms with E-state index in [1.165, 1.54) is 24.4 Å². The Balaban J connectivity index is 1.68. The number of aromatic nitrogens is 3. The molecule has 4 N–H and O–H groups in total. The second-order valence-corrected chi connectivity index (χ2v) is 8.63. The molecule has 0 atom stereocenters. The first-order valence-corrected chi connectivity index (χ1v) is 11.3.